The Morgan fingerprint density at radius 1 is 1.00 bits per heavy atom. The van der Waals surface area contributed by atoms with Gasteiger partial charge < -0.3 is 10.1 Å². The smallest absolute Gasteiger partial charge is 0.302 e. The molecule has 1 atom stereocenters. The van der Waals surface area contributed by atoms with Gasteiger partial charge in [0, 0.05) is 18.0 Å². The summed E-state index contributed by atoms with van der Waals surface area (Å²) in [5.41, 5.74) is 6.22. The normalized spacial score (nSPS) is 19.3. The number of benzene rings is 2. The average molecular weight is 465 g/mol. The number of imidazole rings is 1. The molecule has 1 aliphatic carbocycles. The number of aromatic amines is 1. The third kappa shape index (κ3) is 3.51. The second-order valence-corrected chi connectivity index (χ2v) is 9.22. The van der Waals surface area contributed by atoms with Crippen molar-refractivity contribution in [2.75, 3.05) is 4.90 Å². The lowest BCUT2D eigenvalue weighted by Crippen LogP contribution is -2.30. The van der Waals surface area contributed by atoms with Crippen molar-refractivity contribution >= 4 is 34.4 Å². The van der Waals surface area contributed by atoms with Crippen LogP contribution in [0.4, 0.5) is 5.95 Å². The molecule has 7 heteroatoms. The average Bonchev–Trinajstić information content (AvgIpc) is 3.41. The highest BCUT2D eigenvalue weighted by Gasteiger charge is 2.48. The number of hydrogen-bond acceptors (Lipinski definition) is 5. The van der Waals surface area contributed by atoms with Gasteiger partial charge in [-0.25, -0.2) is 4.98 Å². The van der Waals surface area contributed by atoms with E-state index < -0.39 is 17.7 Å². The minimum Gasteiger partial charge on any atom is -0.507 e. The highest BCUT2D eigenvalue weighted by atomic mass is 16.3. The summed E-state index contributed by atoms with van der Waals surface area (Å²) in [6.07, 6.45) is 7.43. The zero-order chi connectivity index (χ0) is 24.1. The van der Waals surface area contributed by atoms with E-state index in [0.29, 0.717) is 16.6 Å². The number of amides is 1. The van der Waals surface area contributed by atoms with Crippen LogP contribution in [-0.4, -0.2) is 31.7 Å². The number of aryl methyl sites for hydroxylation is 3. The Morgan fingerprint density at radius 3 is 2.57 bits per heavy atom. The van der Waals surface area contributed by atoms with Gasteiger partial charge >= 0.3 is 5.91 Å². The van der Waals surface area contributed by atoms with Crippen LogP contribution in [0.1, 0.15) is 46.7 Å². The van der Waals surface area contributed by atoms with Gasteiger partial charge in [-0.15, -0.1) is 0 Å². The fraction of sp³-hybridized carbons (Fsp3) is 0.214. The lowest BCUT2D eigenvalue weighted by Gasteiger charge is -2.23. The molecule has 1 unspecified atom stereocenters. The molecular formula is C28H24N4O3. The molecule has 35 heavy (non-hydrogen) atoms. The van der Waals surface area contributed by atoms with Crippen LogP contribution < -0.4 is 4.90 Å². The molecule has 174 valence electrons. The Kier molecular flexibility index (Phi) is 4.99. The number of Topliss-reactive ketones (excluding diaryl/α,β-unsaturated/α-hetero) is 1. The largest absolute Gasteiger partial charge is 0.507 e. The quantitative estimate of drug-likeness (QED) is 0.258. The predicted molar refractivity (Wildman–Crippen MR) is 133 cm³/mol. The van der Waals surface area contributed by atoms with Gasteiger partial charge in [0.2, 0.25) is 5.95 Å². The molecule has 6 rings (SSSR count). The number of anilines is 1. The van der Waals surface area contributed by atoms with Crippen molar-refractivity contribution in [3.8, 4) is 0 Å². The first kappa shape index (κ1) is 21.3. The Morgan fingerprint density at radius 2 is 1.77 bits per heavy atom. The van der Waals surface area contributed by atoms with Crippen molar-refractivity contribution < 1.29 is 14.7 Å². The molecule has 1 fully saturated rings. The minimum atomic E-state index is -0.837. The maximum Gasteiger partial charge on any atom is 0.302 e. The number of aromatic nitrogens is 3. The van der Waals surface area contributed by atoms with Crippen LogP contribution in [0.25, 0.3) is 16.8 Å². The second kappa shape index (κ2) is 8.20. The summed E-state index contributed by atoms with van der Waals surface area (Å²) in [6.45, 7) is 1.97. The number of nitrogens with zero attached hydrogens (tertiary/aromatic N) is 3. The van der Waals surface area contributed by atoms with Gasteiger partial charge in [-0.2, -0.15) is 0 Å². The van der Waals surface area contributed by atoms with E-state index in [1.165, 1.54) is 16.0 Å². The molecule has 4 aromatic rings. The molecule has 2 aromatic carbocycles. The highest BCUT2D eigenvalue weighted by Crippen LogP contribution is 2.42. The maximum atomic E-state index is 13.4. The van der Waals surface area contributed by atoms with E-state index in [2.05, 4.69) is 15.0 Å². The molecule has 3 heterocycles. The number of carbonyl (C=O) groups excluding carboxylic acids is 2. The Balaban J connectivity index is 1.53. The number of pyridine rings is 1. The zero-order valence-electron chi connectivity index (χ0n) is 19.3. The first-order valence-corrected chi connectivity index (χ1v) is 11.8. The summed E-state index contributed by atoms with van der Waals surface area (Å²) >= 11 is 0. The number of carbonyl (C=O) groups is 2. The number of ketones is 1. The Bertz CT molecular complexity index is 1520. The molecule has 1 aliphatic heterocycles. The van der Waals surface area contributed by atoms with Crippen molar-refractivity contribution in [1.82, 2.24) is 15.0 Å². The van der Waals surface area contributed by atoms with Crippen LogP contribution in [0.5, 0.6) is 0 Å². The van der Waals surface area contributed by atoms with Gasteiger partial charge in [0.25, 0.3) is 5.78 Å². The summed E-state index contributed by atoms with van der Waals surface area (Å²) in [4.78, 5) is 40.0. The third-order valence-electron chi connectivity index (χ3n) is 6.94. The van der Waals surface area contributed by atoms with E-state index in [-0.39, 0.29) is 17.3 Å². The fourth-order valence-corrected chi connectivity index (χ4v) is 5.17. The van der Waals surface area contributed by atoms with Crippen LogP contribution in [0.3, 0.4) is 0 Å². The summed E-state index contributed by atoms with van der Waals surface area (Å²) in [5, 5.41) is 11.4. The molecule has 0 saturated carbocycles. The lowest BCUT2D eigenvalue weighted by atomic mass is 9.89. The molecule has 2 N–H and O–H groups in total. The molecule has 0 radical (unpaired) electrons. The number of rotatable bonds is 3. The molecule has 1 amide bonds. The highest BCUT2D eigenvalue weighted by molar-refractivity contribution is 6.51. The fourth-order valence-electron chi connectivity index (χ4n) is 5.17. The van der Waals surface area contributed by atoms with Crippen molar-refractivity contribution in [3.05, 3.63) is 94.3 Å². The van der Waals surface area contributed by atoms with Gasteiger partial charge in [0.15, 0.2) is 0 Å². The number of aliphatic hydroxyl groups is 1. The molecule has 0 spiro atoms. The van der Waals surface area contributed by atoms with E-state index in [0.717, 1.165) is 36.8 Å². The maximum absolute atomic E-state index is 13.4. The third-order valence-corrected chi connectivity index (χ3v) is 6.94. The number of aliphatic hydroxyl groups excluding tert-OH is 1. The number of H-pyrrole nitrogens is 1. The van der Waals surface area contributed by atoms with Gasteiger partial charge in [-0.05, 0) is 85.2 Å². The number of nitrogens with one attached hydrogen (secondary N) is 1. The van der Waals surface area contributed by atoms with Gasteiger partial charge in [-0.3, -0.25) is 19.5 Å². The van der Waals surface area contributed by atoms with E-state index in [4.69, 9.17) is 0 Å². The zero-order valence-corrected chi connectivity index (χ0v) is 19.3. The molecule has 0 bridgehead atoms. The summed E-state index contributed by atoms with van der Waals surface area (Å²) < 4.78 is 0. The molecule has 2 aromatic heterocycles. The number of fused-ring (bicyclic) bond motifs is 2. The van der Waals surface area contributed by atoms with Gasteiger partial charge in [0.05, 0.1) is 22.6 Å². The summed E-state index contributed by atoms with van der Waals surface area (Å²) in [6, 6.07) is 14.2. The van der Waals surface area contributed by atoms with Crippen LogP contribution in [0.15, 0.2) is 66.5 Å². The van der Waals surface area contributed by atoms with Crippen LogP contribution in [-0.2, 0) is 22.4 Å². The molecule has 7 nitrogen and oxygen atoms in total. The van der Waals surface area contributed by atoms with Crippen LogP contribution >= 0.6 is 0 Å². The van der Waals surface area contributed by atoms with Gasteiger partial charge in [0.1, 0.15) is 5.76 Å². The van der Waals surface area contributed by atoms with Crippen LogP contribution in [0.2, 0.25) is 0 Å². The Hall–Kier alpha value is -4.26. The van der Waals surface area contributed by atoms with Crippen molar-refractivity contribution in [2.45, 2.75) is 38.6 Å². The van der Waals surface area contributed by atoms with Crippen molar-refractivity contribution in [3.63, 3.8) is 0 Å². The van der Waals surface area contributed by atoms with Crippen LogP contribution in [0, 0.1) is 6.92 Å². The second-order valence-electron chi connectivity index (χ2n) is 9.22. The predicted octanol–water partition coefficient (Wildman–Crippen LogP) is 4.77. The molecule has 2 aliphatic rings. The van der Waals surface area contributed by atoms with E-state index in [1.807, 2.05) is 43.3 Å². The van der Waals surface area contributed by atoms with Gasteiger partial charge in [-0.1, -0.05) is 18.2 Å². The van der Waals surface area contributed by atoms with E-state index in [9.17, 15) is 14.7 Å². The first-order chi connectivity index (χ1) is 17.0. The Labute approximate surface area is 202 Å². The minimum absolute atomic E-state index is 0.0496. The van der Waals surface area contributed by atoms with E-state index >= 15 is 0 Å². The lowest BCUT2D eigenvalue weighted by molar-refractivity contribution is -0.132. The molecule has 1 saturated heterocycles. The first-order valence-electron chi connectivity index (χ1n) is 11.8. The summed E-state index contributed by atoms with van der Waals surface area (Å²) in [5.74, 6) is -1.38. The van der Waals surface area contributed by atoms with Crippen molar-refractivity contribution in [1.29, 1.82) is 0 Å². The van der Waals surface area contributed by atoms with Crippen molar-refractivity contribution in [2.24, 2.45) is 0 Å². The topological polar surface area (TPSA) is 99.2 Å². The number of hydrogen-bond donors (Lipinski definition) is 2. The van der Waals surface area contributed by atoms with E-state index in [1.54, 1.807) is 24.5 Å². The molecular weight excluding hydrogens is 440 g/mol. The monoisotopic (exact) mass is 464 g/mol. The summed E-state index contributed by atoms with van der Waals surface area (Å²) in [7, 11) is 0. The SMILES string of the molecule is Cc1ccc2nc(N3C(=O)C(=O)/C(=C(/O)c4ccc5c(c4)CCCC5)C3c3ccncc3)[nH]c2c1. The standard InChI is InChI=1S/C28H24N4O3/c1-16-6-9-21-22(14-16)31-28(30-21)32-24(18-10-12-29-13-11-18)23(26(34)27(32)35)25(33)20-8-7-17-4-2-3-5-19(17)15-20/h6-15,24,33H,2-5H2,1H3,(H,30,31)/b25-23+.